The van der Waals surface area contributed by atoms with Crippen LogP contribution in [-0.2, 0) is 16.0 Å². The molecule has 22 heavy (non-hydrogen) atoms. The lowest BCUT2D eigenvalue weighted by Gasteiger charge is -2.17. The van der Waals surface area contributed by atoms with Crippen LogP contribution in [0.1, 0.15) is 25.3 Å². The molecule has 2 N–H and O–H groups in total. The number of amides is 2. The van der Waals surface area contributed by atoms with Crippen molar-refractivity contribution in [2.75, 3.05) is 0 Å². The summed E-state index contributed by atoms with van der Waals surface area (Å²) in [5, 5.41) is 8.11. The second-order valence-electron chi connectivity index (χ2n) is 5.95. The SMILES string of the molecule is C[C@H](Cc1ccc2ccccc2c1)NC(=O)[C@@H]1CCC(=O)N1. The first-order valence-electron chi connectivity index (χ1n) is 7.69. The Bertz CT molecular complexity index is 711. The van der Waals surface area contributed by atoms with Gasteiger partial charge in [-0.05, 0) is 36.1 Å². The lowest BCUT2D eigenvalue weighted by molar-refractivity contribution is -0.126. The van der Waals surface area contributed by atoms with Gasteiger partial charge in [-0.2, -0.15) is 0 Å². The normalized spacial score (nSPS) is 19.0. The summed E-state index contributed by atoms with van der Waals surface area (Å²) in [5.74, 6) is -0.124. The van der Waals surface area contributed by atoms with E-state index in [1.807, 2.05) is 19.1 Å². The Balaban J connectivity index is 1.61. The molecule has 2 amide bonds. The number of hydrogen-bond acceptors (Lipinski definition) is 2. The van der Waals surface area contributed by atoms with Gasteiger partial charge in [0.25, 0.3) is 0 Å². The average molecular weight is 296 g/mol. The van der Waals surface area contributed by atoms with Gasteiger partial charge in [0.15, 0.2) is 0 Å². The molecule has 1 heterocycles. The number of carbonyl (C=O) groups excluding carboxylic acids is 2. The van der Waals surface area contributed by atoms with Gasteiger partial charge in [-0.15, -0.1) is 0 Å². The van der Waals surface area contributed by atoms with Crippen molar-refractivity contribution >= 4 is 22.6 Å². The molecule has 1 fully saturated rings. The third-order valence-electron chi connectivity index (χ3n) is 4.06. The lowest BCUT2D eigenvalue weighted by atomic mass is 10.0. The van der Waals surface area contributed by atoms with Crippen molar-refractivity contribution in [2.24, 2.45) is 0 Å². The first kappa shape index (κ1) is 14.6. The zero-order valence-electron chi connectivity index (χ0n) is 12.6. The van der Waals surface area contributed by atoms with Gasteiger partial charge in [0.1, 0.15) is 6.04 Å². The molecule has 114 valence electrons. The van der Waals surface area contributed by atoms with E-state index in [1.54, 1.807) is 0 Å². The Hall–Kier alpha value is -2.36. The second-order valence-corrected chi connectivity index (χ2v) is 5.95. The van der Waals surface area contributed by atoms with Gasteiger partial charge < -0.3 is 10.6 Å². The van der Waals surface area contributed by atoms with Crippen molar-refractivity contribution in [1.82, 2.24) is 10.6 Å². The van der Waals surface area contributed by atoms with Gasteiger partial charge in [0.2, 0.25) is 11.8 Å². The highest BCUT2D eigenvalue weighted by atomic mass is 16.2. The minimum absolute atomic E-state index is 0.0335. The molecule has 2 aromatic rings. The van der Waals surface area contributed by atoms with Gasteiger partial charge in [0, 0.05) is 12.5 Å². The summed E-state index contributed by atoms with van der Waals surface area (Å²) in [5.41, 5.74) is 1.20. The number of benzene rings is 2. The molecule has 3 rings (SSSR count). The predicted molar refractivity (Wildman–Crippen MR) is 86.4 cm³/mol. The maximum Gasteiger partial charge on any atom is 0.242 e. The van der Waals surface area contributed by atoms with Crippen molar-refractivity contribution < 1.29 is 9.59 Å². The molecule has 0 aliphatic carbocycles. The number of fused-ring (bicyclic) bond motifs is 1. The quantitative estimate of drug-likeness (QED) is 0.908. The minimum Gasteiger partial charge on any atom is -0.352 e. The molecule has 1 saturated heterocycles. The van der Waals surface area contributed by atoms with Crippen LogP contribution in [-0.4, -0.2) is 23.9 Å². The van der Waals surface area contributed by atoms with Crippen LogP contribution < -0.4 is 10.6 Å². The summed E-state index contributed by atoms with van der Waals surface area (Å²) in [6, 6.07) is 14.3. The first-order chi connectivity index (χ1) is 10.6. The first-order valence-corrected chi connectivity index (χ1v) is 7.69. The number of nitrogens with one attached hydrogen (secondary N) is 2. The van der Waals surface area contributed by atoms with E-state index in [4.69, 9.17) is 0 Å². The smallest absolute Gasteiger partial charge is 0.242 e. The molecule has 0 aromatic heterocycles. The van der Waals surface area contributed by atoms with Crippen LogP contribution in [0.4, 0.5) is 0 Å². The largest absolute Gasteiger partial charge is 0.352 e. The molecular formula is C18H20N2O2. The molecule has 4 heteroatoms. The topological polar surface area (TPSA) is 58.2 Å². The highest BCUT2D eigenvalue weighted by Crippen LogP contribution is 2.16. The molecule has 0 radical (unpaired) electrons. The Labute approximate surface area is 129 Å². The van der Waals surface area contributed by atoms with E-state index in [1.165, 1.54) is 16.3 Å². The molecule has 1 aliphatic rings. The van der Waals surface area contributed by atoms with Crippen LogP contribution in [0, 0.1) is 0 Å². The summed E-state index contributed by atoms with van der Waals surface area (Å²) < 4.78 is 0. The van der Waals surface area contributed by atoms with E-state index >= 15 is 0 Å². The summed E-state index contributed by atoms with van der Waals surface area (Å²) in [6.07, 6.45) is 1.81. The standard InChI is InChI=1S/C18H20N2O2/c1-12(19-18(22)16-8-9-17(21)20-16)10-13-6-7-14-4-2-3-5-15(14)11-13/h2-7,11-12,16H,8-10H2,1H3,(H,19,22)(H,20,21)/t12-,16+/m1/s1. The van der Waals surface area contributed by atoms with E-state index < -0.39 is 0 Å². The van der Waals surface area contributed by atoms with E-state index in [9.17, 15) is 9.59 Å². The number of carbonyl (C=O) groups is 2. The Morgan fingerprint density at radius 2 is 2.05 bits per heavy atom. The van der Waals surface area contributed by atoms with Crippen LogP contribution in [0.15, 0.2) is 42.5 Å². The molecule has 0 unspecified atom stereocenters. The zero-order valence-corrected chi connectivity index (χ0v) is 12.6. The Kier molecular flexibility index (Phi) is 4.09. The monoisotopic (exact) mass is 296 g/mol. The van der Waals surface area contributed by atoms with Crippen molar-refractivity contribution in [3.05, 3.63) is 48.0 Å². The molecule has 0 bridgehead atoms. The van der Waals surface area contributed by atoms with E-state index in [0.717, 1.165) is 6.42 Å². The predicted octanol–water partition coefficient (Wildman–Crippen LogP) is 2.17. The maximum absolute atomic E-state index is 12.1. The van der Waals surface area contributed by atoms with Gasteiger partial charge >= 0.3 is 0 Å². The van der Waals surface area contributed by atoms with E-state index in [-0.39, 0.29) is 23.9 Å². The fourth-order valence-corrected chi connectivity index (χ4v) is 2.92. The van der Waals surface area contributed by atoms with Crippen LogP contribution >= 0.6 is 0 Å². The summed E-state index contributed by atoms with van der Waals surface area (Å²) in [6.45, 7) is 1.99. The fraction of sp³-hybridized carbons (Fsp3) is 0.333. The van der Waals surface area contributed by atoms with Gasteiger partial charge in [0.05, 0.1) is 0 Å². The maximum atomic E-state index is 12.1. The van der Waals surface area contributed by atoms with Gasteiger partial charge in [-0.1, -0.05) is 42.5 Å². The molecule has 2 atom stereocenters. The summed E-state index contributed by atoms with van der Waals surface area (Å²) in [7, 11) is 0. The Morgan fingerprint density at radius 3 is 2.77 bits per heavy atom. The molecule has 1 aliphatic heterocycles. The fourth-order valence-electron chi connectivity index (χ4n) is 2.92. The second kappa shape index (κ2) is 6.18. The van der Waals surface area contributed by atoms with Gasteiger partial charge in [-0.3, -0.25) is 9.59 Å². The third-order valence-corrected chi connectivity index (χ3v) is 4.06. The minimum atomic E-state index is -0.369. The van der Waals surface area contributed by atoms with Crippen molar-refractivity contribution in [2.45, 2.75) is 38.3 Å². The Morgan fingerprint density at radius 1 is 1.27 bits per heavy atom. The van der Waals surface area contributed by atoms with Crippen molar-refractivity contribution in [3.63, 3.8) is 0 Å². The van der Waals surface area contributed by atoms with Crippen LogP contribution in [0.3, 0.4) is 0 Å². The highest BCUT2D eigenvalue weighted by Gasteiger charge is 2.27. The lowest BCUT2D eigenvalue weighted by Crippen LogP contribution is -2.45. The van der Waals surface area contributed by atoms with Gasteiger partial charge in [-0.25, -0.2) is 0 Å². The van der Waals surface area contributed by atoms with E-state index in [0.29, 0.717) is 12.8 Å². The third kappa shape index (κ3) is 3.27. The molecule has 0 spiro atoms. The summed E-state index contributed by atoms with van der Waals surface area (Å²) in [4.78, 5) is 23.2. The van der Waals surface area contributed by atoms with Crippen LogP contribution in [0.2, 0.25) is 0 Å². The molecule has 0 saturated carbocycles. The summed E-state index contributed by atoms with van der Waals surface area (Å²) >= 11 is 0. The van der Waals surface area contributed by atoms with Crippen molar-refractivity contribution in [1.29, 1.82) is 0 Å². The van der Waals surface area contributed by atoms with Crippen LogP contribution in [0.25, 0.3) is 10.8 Å². The molecular weight excluding hydrogens is 276 g/mol. The number of rotatable bonds is 4. The highest BCUT2D eigenvalue weighted by molar-refractivity contribution is 5.90. The average Bonchev–Trinajstić information content (AvgIpc) is 2.94. The number of hydrogen-bond donors (Lipinski definition) is 2. The van der Waals surface area contributed by atoms with E-state index in [2.05, 4.69) is 41.0 Å². The zero-order chi connectivity index (χ0) is 15.5. The van der Waals surface area contributed by atoms with Crippen molar-refractivity contribution in [3.8, 4) is 0 Å². The van der Waals surface area contributed by atoms with Crippen LogP contribution in [0.5, 0.6) is 0 Å². The molecule has 4 nitrogen and oxygen atoms in total. The molecule has 2 aromatic carbocycles.